The minimum absolute atomic E-state index is 0.0445. The first-order valence-corrected chi connectivity index (χ1v) is 11.8. The van der Waals surface area contributed by atoms with Crippen LogP contribution in [0.2, 0.25) is 0 Å². The first-order valence-electron chi connectivity index (χ1n) is 11.8. The lowest BCUT2D eigenvalue weighted by atomic mass is 10.0. The van der Waals surface area contributed by atoms with Crippen molar-refractivity contribution in [1.82, 2.24) is 9.80 Å². The minimum atomic E-state index is 0.0445. The largest absolute Gasteiger partial charge is 0.493 e. The van der Waals surface area contributed by atoms with Gasteiger partial charge in [-0.1, -0.05) is 54.6 Å². The molecule has 0 unspecified atom stereocenters. The number of amides is 2. The van der Waals surface area contributed by atoms with E-state index in [1.54, 1.807) is 0 Å². The highest BCUT2D eigenvalue weighted by Crippen LogP contribution is 2.23. The molecule has 0 aromatic heterocycles. The molecule has 2 amide bonds. The lowest BCUT2D eigenvalue weighted by molar-refractivity contribution is -0.131. The highest BCUT2D eigenvalue weighted by atomic mass is 16.5. The summed E-state index contributed by atoms with van der Waals surface area (Å²) in [5, 5.41) is 2.05. The summed E-state index contributed by atoms with van der Waals surface area (Å²) in [4.78, 5) is 29.8. The third-order valence-electron chi connectivity index (χ3n) is 6.35. The van der Waals surface area contributed by atoms with Crippen LogP contribution in [-0.2, 0) is 4.79 Å². The summed E-state index contributed by atoms with van der Waals surface area (Å²) in [6, 6.07) is 19.9. The van der Waals surface area contributed by atoms with E-state index < -0.39 is 0 Å². The van der Waals surface area contributed by atoms with Crippen molar-refractivity contribution in [3.63, 3.8) is 0 Å². The number of carbonyl (C=O) groups is 2. The third-order valence-corrected chi connectivity index (χ3v) is 6.35. The SMILES string of the molecule is Cc1cccc(C)c1OCCCC(=O)N1CCCN(C(=O)c2cccc3ccccc23)CC1. The predicted octanol–water partition coefficient (Wildman–Crippen LogP) is 4.99. The van der Waals surface area contributed by atoms with E-state index in [1.807, 2.05) is 84.3 Å². The van der Waals surface area contributed by atoms with Crippen LogP contribution >= 0.6 is 0 Å². The number of ether oxygens (including phenoxy) is 1. The number of para-hydroxylation sites is 1. The van der Waals surface area contributed by atoms with Gasteiger partial charge in [-0.05, 0) is 54.7 Å². The summed E-state index contributed by atoms with van der Waals surface area (Å²) >= 11 is 0. The molecule has 0 spiro atoms. The monoisotopic (exact) mass is 444 g/mol. The Morgan fingerprint density at radius 3 is 2.30 bits per heavy atom. The zero-order valence-corrected chi connectivity index (χ0v) is 19.5. The van der Waals surface area contributed by atoms with Gasteiger partial charge in [-0.15, -0.1) is 0 Å². The molecule has 0 radical (unpaired) electrons. The Bertz CT molecular complexity index is 1120. The lowest BCUT2D eigenvalue weighted by Gasteiger charge is -2.23. The Labute approximate surface area is 195 Å². The molecule has 5 nitrogen and oxygen atoms in total. The van der Waals surface area contributed by atoms with Gasteiger partial charge >= 0.3 is 0 Å². The highest BCUT2D eigenvalue weighted by Gasteiger charge is 2.23. The first-order chi connectivity index (χ1) is 16.0. The van der Waals surface area contributed by atoms with E-state index >= 15 is 0 Å². The van der Waals surface area contributed by atoms with Gasteiger partial charge in [0.1, 0.15) is 5.75 Å². The second kappa shape index (κ2) is 10.5. The number of benzene rings is 3. The van der Waals surface area contributed by atoms with E-state index in [0.717, 1.165) is 39.6 Å². The molecule has 1 aliphatic rings. The van der Waals surface area contributed by atoms with Crippen LogP contribution in [0.5, 0.6) is 5.75 Å². The van der Waals surface area contributed by atoms with Gasteiger partial charge in [-0.3, -0.25) is 9.59 Å². The maximum absolute atomic E-state index is 13.2. The molecule has 0 atom stereocenters. The Balaban J connectivity index is 1.29. The third kappa shape index (κ3) is 5.36. The van der Waals surface area contributed by atoms with Gasteiger partial charge in [0.15, 0.2) is 0 Å². The van der Waals surface area contributed by atoms with Gasteiger partial charge in [0.25, 0.3) is 5.91 Å². The van der Waals surface area contributed by atoms with E-state index in [2.05, 4.69) is 0 Å². The lowest BCUT2D eigenvalue weighted by Crippen LogP contribution is -2.37. The van der Waals surface area contributed by atoms with Crippen LogP contribution < -0.4 is 4.74 Å². The van der Waals surface area contributed by atoms with E-state index in [9.17, 15) is 9.59 Å². The fourth-order valence-electron chi connectivity index (χ4n) is 4.53. The van der Waals surface area contributed by atoms with Crippen LogP contribution in [0.4, 0.5) is 0 Å². The summed E-state index contributed by atoms with van der Waals surface area (Å²) in [7, 11) is 0. The summed E-state index contributed by atoms with van der Waals surface area (Å²) in [5.41, 5.74) is 2.96. The molecule has 4 rings (SSSR count). The van der Waals surface area contributed by atoms with Crippen molar-refractivity contribution in [2.75, 3.05) is 32.8 Å². The number of rotatable bonds is 6. The second-order valence-electron chi connectivity index (χ2n) is 8.73. The maximum atomic E-state index is 13.2. The zero-order chi connectivity index (χ0) is 23.2. The highest BCUT2D eigenvalue weighted by molar-refractivity contribution is 6.07. The summed E-state index contributed by atoms with van der Waals surface area (Å²) in [6.45, 7) is 7.10. The van der Waals surface area contributed by atoms with Gasteiger partial charge in [0.05, 0.1) is 6.61 Å². The summed E-state index contributed by atoms with van der Waals surface area (Å²) in [6.07, 6.45) is 1.94. The number of nitrogens with zero attached hydrogens (tertiary/aromatic N) is 2. The van der Waals surface area contributed by atoms with Crippen molar-refractivity contribution in [2.45, 2.75) is 33.1 Å². The van der Waals surface area contributed by atoms with Crippen molar-refractivity contribution in [1.29, 1.82) is 0 Å². The zero-order valence-electron chi connectivity index (χ0n) is 19.5. The molecule has 33 heavy (non-hydrogen) atoms. The molecule has 1 fully saturated rings. The van der Waals surface area contributed by atoms with Crippen molar-refractivity contribution in [2.24, 2.45) is 0 Å². The van der Waals surface area contributed by atoms with Crippen LogP contribution in [0.3, 0.4) is 0 Å². The molecule has 0 N–H and O–H groups in total. The molecule has 0 aliphatic carbocycles. The van der Waals surface area contributed by atoms with Gasteiger partial charge in [-0.25, -0.2) is 0 Å². The Kier molecular flexibility index (Phi) is 7.28. The number of carbonyl (C=O) groups excluding carboxylic acids is 2. The average Bonchev–Trinajstić information content (AvgIpc) is 3.09. The molecule has 3 aromatic carbocycles. The average molecular weight is 445 g/mol. The Morgan fingerprint density at radius 1 is 0.818 bits per heavy atom. The van der Waals surface area contributed by atoms with Gasteiger partial charge in [-0.2, -0.15) is 0 Å². The van der Waals surface area contributed by atoms with Gasteiger partial charge in [0, 0.05) is 38.2 Å². The van der Waals surface area contributed by atoms with Gasteiger partial charge < -0.3 is 14.5 Å². The van der Waals surface area contributed by atoms with Crippen LogP contribution in [0, 0.1) is 13.8 Å². The fraction of sp³-hybridized carbons (Fsp3) is 0.357. The van der Waals surface area contributed by atoms with E-state index in [0.29, 0.717) is 45.6 Å². The molecule has 172 valence electrons. The summed E-state index contributed by atoms with van der Waals surface area (Å²) < 4.78 is 5.94. The van der Waals surface area contributed by atoms with Crippen molar-refractivity contribution >= 4 is 22.6 Å². The topological polar surface area (TPSA) is 49.9 Å². The van der Waals surface area contributed by atoms with E-state index in [1.165, 1.54) is 0 Å². The Hall–Kier alpha value is -3.34. The molecule has 1 heterocycles. The number of hydrogen-bond acceptors (Lipinski definition) is 3. The first kappa shape index (κ1) is 22.8. The molecule has 1 saturated heterocycles. The molecule has 0 saturated carbocycles. The van der Waals surface area contributed by atoms with E-state index in [4.69, 9.17) is 4.74 Å². The predicted molar refractivity (Wildman–Crippen MR) is 132 cm³/mol. The normalized spacial score (nSPS) is 14.2. The van der Waals surface area contributed by atoms with Crippen molar-refractivity contribution < 1.29 is 14.3 Å². The van der Waals surface area contributed by atoms with E-state index in [-0.39, 0.29) is 11.8 Å². The molecule has 3 aromatic rings. The number of aryl methyl sites for hydroxylation is 2. The van der Waals surface area contributed by atoms with Gasteiger partial charge in [0.2, 0.25) is 5.91 Å². The smallest absolute Gasteiger partial charge is 0.254 e. The van der Waals surface area contributed by atoms with Crippen molar-refractivity contribution in [3.05, 3.63) is 77.4 Å². The molecule has 5 heteroatoms. The number of hydrogen-bond donors (Lipinski definition) is 0. The summed E-state index contributed by atoms with van der Waals surface area (Å²) in [5.74, 6) is 1.10. The standard InChI is InChI=1S/C28H32N2O3/c1-21-9-5-10-22(2)27(21)33-20-7-15-26(31)29-16-8-17-30(19-18-29)28(32)25-14-6-12-23-11-3-4-13-24(23)25/h3-6,9-14H,7-8,15-20H2,1-2H3. The molecule has 1 aliphatic heterocycles. The second-order valence-corrected chi connectivity index (χ2v) is 8.73. The Morgan fingerprint density at radius 2 is 1.48 bits per heavy atom. The van der Waals surface area contributed by atoms with Crippen LogP contribution in [-0.4, -0.2) is 54.4 Å². The minimum Gasteiger partial charge on any atom is -0.493 e. The van der Waals surface area contributed by atoms with Crippen LogP contribution in [0.25, 0.3) is 10.8 Å². The van der Waals surface area contributed by atoms with Crippen LogP contribution in [0.15, 0.2) is 60.7 Å². The quantitative estimate of drug-likeness (QED) is 0.503. The van der Waals surface area contributed by atoms with Crippen molar-refractivity contribution in [3.8, 4) is 5.75 Å². The fourth-order valence-corrected chi connectivity index (χ4v) is 4.53. The number of fused-ring (bicyclic) bond motifs is 1. The molecular formula is C28H32N2O3. The molecule has 0 bridgehead atoms. The maximum Gasteiger partial charge on any atom is 0.254 e. The van der Waals surface area contributed by atoms with Crippen LogP contribution in [0.1, 0.15) is 40.7 Å². The molecular weight excluding hydrogens is 412 g/mol.